The van der Waals surface area contributed by atoms with Crippen molar-refractivity contribution in [3.63, 3.8) is 0 Å². The van der Waals surface area contributed by atoms with Crippen molar-refractivity contribution in [2.24, 2.45) is 0 Å². The van der Waals surface area contributed by atoms with E-state index in [0.717, 1.165) is 51.3 Å². The molecule has 2 aliphatic rings. The SMILES string of the molecule is O=C(Nc1cccc(CN2CCSCC2)c1)c1nc(N2CCCC2)ncc1Cl. The summed E-state index contributed by atoms with van der Waals surface area (Å²) in [5.41, 5.74) is 2.17. The number of nitrogens with zero attached hydrogens (tertiary/aromatic N) is 4. The van der Waals surface area contributed by atoms with Gasteiger partial charge in [0, 0.05) is 49.9 Å². The second kappa shape index (κ2) is 9.11. The lowest BCUT2D eigenvalue weighted by molar-refractivity contribution is 0.102. The van der Waals surface area contributed by atoms with Gasteiger partial charge in [0.2, 0.25) is 5.95 Å². The van der Waals surface area contributed by atoms with Gasteiger partial charge >= 0.3 is 0 Å². The van der Waals surface area contributed by atoms with Gasteiger partial charge in [-0.05, 0) is 30.5 Å². The molecule has 148 valence electrons. The van der Waals surface area contributed by atoms with Crippen LogP contribution in [-0.2, 0) is 6.54 Å². The molecule has 6 nitrogen and oxygen atoms in total. The molecule has 1 aromatic carbocycles. The van der Waals surface area contributed by atoms with E-state index in [1.54, 1.807) is 0 Å². The summed E-state index contributed by atoms with van der Waals surface area (Å²) in [5.74, 6) is 2.63. The molecule has 2 fully saturated rings. The Balaban J connectivity index is 1.46. The van der Waals surface area contributed by atoms with Gasteiger partial charge in [0.25, 0.3) is 5.91 Å². The molecule has 0 aliphatic carbocycles. The first-order valence-electron chi connectivity index (χ1n) is 9.67. The number of carbonyl (C=O) groups excluding carboxylic acids is 1. The number of hydrogen-bond donors (Lipinski definition) is 1. The summed E-state index contributed by atoms with van der Waals surface area (Å²) in [4.78, 5) is 26.0. The number of hydrogen-bond acceptors (Lipinski definition) is 6. The van der Waals surface area contributed by atoms with Gasteiger partial charge in [-0.25, -0.2) is 9.97 Å². The average Bonchev–Trinajstić information content (AvgIpc) is 3.24. The van der Waals surface area contributed by atoms with Crippen LogP contribution < -0.4 is 10.2 Å². The van der Waals surface area contributed by atoms with Crippen LogP contribution in [0.15, 0.2) is 30.5 Å². The minimum atomic E-state index is -0.306. The van der Waals surface area contributed by atoms with E-state index in [-0.39, 0.29) is 16.6 Å². The molecule has 4 rings (SSSR count). The van der Waals surface area contributed by atoms with Crippen LogP contribution in [0.4, 0.5) is 11.6 Å². The van der Waals surface area contributed by atoms with E-state index in [0.29, 0.717) is 5.95 Å². The van der Waals surface area contributed by atoms with E-state index in [9.17, 15) is 4.79 Å². The Morgan fingerprint density at radius 3 is 2.75 bits per heavy atom. The molecule has 1 amide bonds. The maximum atomic E-state index is 12.8. The number of thioether (sulfide) groups is 1. The summed E-state index contributed by atoms with van der Waals surface area (Å²) in [7, 11) is 0. The van der Waals surface area contributed by atoms with Crippen molar-refractivity contribution in [2.45, 2.75) is 19.4 Å². The van der Waals surface area contributed by atoms with Crippen LogP contribution in [0.1, 0.15) is 28.9 Å². The molecule has 0 atom stereocenters. The number of nitrogens with one attached hydrogen (secondary N) is 1. The van der Waals surface area contributed by atoms with E-state index in [4.69, 9.17) is 11.6 Å². The Morgan fingerprint density at radius 2 is 1.96 bits per heavy atom. The first-order valence-corrected chi connectivity index (χ1v) is 11.2. The highest BCUT2D eigenvalue weighted by atomic mass is 35.5. The van der Waals surface area contributed by atoms with Crippen molar-refractivity contribution in [2.75, 3.05) is 47.9 Å². The minimum Gasteiger partial charge on any atom is -0.341 e. The largest absolute Gasteiger partial charge is 0.341 e. The van der Waals surface area contributed by atoms with Gasteiger partial charge in [-0.3, -0.25) is 9.69 Å². The molecule has 0 saturated carbocycles. The maximum Gasteiger partial charge on any atom is 0.276 e. The zero-order chi connectivity index (χ0) is 19.3. The van der Waals surface area contributed by atoms with Crippen molar-refractivity contribution in [3.8, 4) is 0 Å². The molecule has 2 aromatic rings. The summed E-state index contributed by atoms with van der Waals surface area (Å²) < 4.78 is 0. The van der Waals surface area contributed by atoms with Gasteiger partial charge in [-0.15, -0.1) is 0 Å². The smallest absolute Gasteiger partial charge is 0.276 e. The molecule has 0 radical (unpaired) electrons. The number of rotatable bonds is 5. The third kappa shape index (κ3) is 4.77. The van der Waals surface area contributed by atoms with Crippen molar-refractivity contribution in [3.05, 3.63) is 46.7 Å². The van der Waals surface area contributed by atoms with Crippen LogP contribution in [0.25, 0.3) is 0 Å². The topological polar surface area (TPSA) is 61.4 Å². The molecular weight excluding hydrogens is 394 g/mol. The van der Waals surface area contributed by atoms with E-state index in [1.807, 2.05) is 30.0 Å². The normalized spacial score (nSPS) is 17.7. The zero-order valence-electron chi connectivity index (χ0n) is 15.7. The fraction of sp³-hybridized carbons (Fsp3) is 0.450. The van der Waals surface area contributed by atoms with Crippen LogP contribution in [0.5, 0.6) is 0 Å². The van der Waals surface area contributed by atoms with E-state index in [1.165, 1.54) is 23.3 Å². The number of anilines is 2. The highest BCUT2D eigenvalue weighted by molar-refractivity contribution is 7.99. The van der Waals surface area contributed by atoms with Gasteiger partial charge in [-0.1, -0.05) is 23.7 Å². The van der Waals surface area contributed by atoms with Crippen LogP contribution >= 0.6 is 23.4 Å². The molecule has 2 saturated heterocycles. The van der Waals surface area contributed by atoms with Crippen molar-refractivity contribution in [1.29, 1.82) is 0 Å². The van der Waals surface area contributed by atoms with Gasteiger partial charge in [-0.2, -0.15) is 11.8 Å². The number of aromatic nitrogens is 2. The molecule has 1 aromatic heterocycles. The number of amides is 1. The Labute approximate surface area is 174 Å². The number of benzene rings is 1. The summed E-state index contributed by atoms with van der Waals surface area (Å²) in [6.07, 6.45) is 3.76. The van der Waals surface area contributed by atoms with Crippen LogP contribution in [0, 0.1) is 0 Å². The zero-order valence-corrected chi connectivity index (χ0v) is 17.3. The van der Waals surface area contributed by atoms with Crippen LogP contribution in [0.3, 0.4) is 0 Å². The van der Waals surface area contributed by atoms with Crippen molar-refractivity contribution < 1.29 is 4.79 Å². The second-order valence-electron chi connectivity index (χ2n) is 7.10. The maximum absolute atomic E-state index is 12.8. The summed E-state index contributed by atoms with van der Waals surface area (Å²) in [5, 5.41) is 3.21. The third-order valence-corrected chi connectivity index (χ3v) is 6.25. The van der Waals surface area contributed by atoms with Gasteiger partial charge in [0.1, 0.15) is 0 Å². The lowest BCUT2D eigenvalue weighted by Crippen LogP contribution is -2.31. The van der Waals surface area contributed by atoms with E-state index >= 15 is 0 Å². The molecule has 0 unspecified atom stereocenters. The first-order chi connectivity index (χ1) is 13.7. The number of carbonyl (C=O) groups is 1. The summed E-state index contributed by atoms with van der Waals surface area (Å²) in [6.45, 7) is 4.95. The quantitative estimate of drug-likeness (QED) is 0.803. The van der Waals surface area contributed by atoms with E-state index in [2.05, 4.69) is 31.2 Å². The molecule has 8 heteroatoms. The van der Waals surface area contributed by atoms with Crippen LogP contribution in [0.2, 0.25) is 5.02 Å². The Hall–Kier alpha value is -1.83. The van der Waals surface area contributed by atoms with Crippen molar-refractivity contribution >= 4 is 40.9 Å². The highest BCUT2D eigenvalue weighted by Crippen LogP contribution is 2.22. The second-order valence-corrected chi connectivity index (χ2v) is 8.74. The standard InChI is InChI=1S/C20H24ClN5OS/c21-17-13-22-20(26-6-1-2-7-26)24-18(17)19(27)23-16-5-3-4-15(12-16)14-25-8-10-28-11-9-25/h3-5,12-13H,1-2,6-11,14H2,(H,23,27). The minimum absolute atomic E-state index is 0.219. The molecule has 0 spiro atoms. The van der Waals surface area contributed by atoms with Crippen molar-refractivity contribution in [1.82, 2.24) is 14.9 Å². The monoisotopic (exact) mass is 417 g/mol. The summed E-state index contributed by atoms with van der Waals surface area (Å²) in [6, 6.07) is 7.99. The molecule has 2 aliphatic heterocycles. The highest BCUT2D eigenvalue weighted by Gasteiger charge is 2.20. The molecular formula is C20H24ClN5OS. The Bertz CT molecular complexity index is 837. The number of halogens is 1. The Morgan fingerprint density at radius 1 is 1.18 bits per heavy atom. The Kier molecular flexibility index (Phi) is 6.34. The molecule has 3 heterocycles. The lowest BCUT2D eigenvalue weighted by Gasteiger charge is -2.26. The van der Waals surface area contributed by atoms with Gasteiger partial charge < -0.3 is 10.2 Å². The molecule has 28 heavy (non-hydrogen) atoms. The molecule has 1 N–H and O–H groups in total. The van der Waals surface area contributed by atoms with Crippen LogP contribution in [-0.4, -0.2) is 58.5 Å². The fourth-order valence-corrected chi connectivity index (χ4v) is 4.70. The average molecular weight is 418 g/mol. The summed E-state index contributed by atoms with van der Waals surface area (Å²) >= 11 is 8.21. The lowest BCUT2D eigenvalue weighted by atomic mass is 10.2. The predicted octanol–water partition coefficient (Wildman–Crippen LogP) is 3.53. The molecule has 0 bridgehead atoms. The first kappa shape index (κ1) is 19.5. The fourth-order valence-electron chi connectivity index (χ4n) is 3.54. The third-order valence-electron chi connectivity index (χ3n) is 5.03. The van der Waals surface area contributed by atoms with Gasteiger partial charge in [0.05, 0.1) is 11.2 Å². The predicted molar refractivity (Wildman–Crippen MR) is 115 cm³/mol. The van der Waals surface area contributed by atoms with E-state index < -0.39 is 0 Å². The van der Waals surface area contributed by atoms with Gasteiger partial charge in [0.15, 0.2) is 5.69 Å².